The van der Waals surface area contributed by atoms with Gasteiger partial charge in [-0.1, -0.05) is 30.3 Å². The predicted octanol–water partition coefficient (Wildman–Crippen LogP) is 4.49. The summed E-state index contributed by atoms with van der Waals surface area (Å²) >= 11 is 1.66. The summed E-state index contributed by atoms with van der Waals surface area (Å²) in [5.74, 6) is 1.02. The topological polar surface area (TPSA) is 68.0 Å². The molecule has 0 aliphatic rings. The maximum Gasteiger partial charge on any atom is 0.258 e. The van der Waals surface area contributed by atoms with Crippen LogP contribution in [-0.2, 0) is 12.2 Å². The molecule has 3 aromatic rings. The molecule has 25 heavy (non-hydrogen) atoms. The number of thioether (sulfide) groups is 1. The maximum atomic E-state index is 12.3. The van der Waals surface area contributed by atoms with Gasteiger partial charge in [0, 0.05) is 23.1 Å². The summed E-state index contributed by atoms with van der Waals surface area (Å²) in [6.45, 7) is 3.89. The number of hydrogen-bond donors (Lipinski definition) is 1. The monoisotopic (exact) mass is 353 g/mol. The fourth-order valence-corrected chi connectivity index (χ4v) is 3.15. The lowest BCUT2D eigenvalue weighted by Gasteiger charge is -2.05. The van der Waals surface area contributed by atoms with Crippen molar-refractivity contribution in [1.82, 2.24) is 10.1 Å². The number of aromatic nitrogens is 2. The lowest BCUT2D eigenvalue weighted by atomic mass is 10.1. The molecule has 1 N–H and O–H groups in total. The van der Waals surface area contributed by atoms with E-state index in [0.29, 0.717) is 11.4 Å². The average molecular weight is 353 g/mol. The van der Waals surface area contributed by atoms with E-state index >= 15 is 0 Å². The predicted molar refractivity (Wildman–Crippen MR) is 98.8 cm³/mol. The molecule has 2 aromatic heterocycles. The molecule has 0 spiro atoms. The zero-order valence-electron chi connectivity index (χ0n) is 14.2. The molecule has 2 heterocycles. The third kappa shape index (κ3) is 4.28. The summed E-state index contributed by atoms with van der Waals surface area (Å²) < 4.78 is 5.20. The lowest BCUT2D eigenvalue weighted by molar-refractivity contribution is 0.102. The first-order valence-electron chi connectivity index (χ1n) is 8.06. The Kier molecular flexibility index (Phi) is 5.50. The Balaban J connectivity index is 1.61. The molecule has 1 amide bonds. The molecule has 0 saturated carbocycles. The minimum absolute atomic E-state index is 0.203. The van der Waals surface area contributed by atoms with Crippen LogP contribution in [0.4, 0.5) is 5.88 Å². The molecule has 0 unspecified atom stereocenters. The molecule has 128 valence electrons. The van der Waals surface area contributed by atoms with E-state index in [-0.39, 0.29) is 5.91 Å². The number of carbonyl (C=O) groups is 1. The van der Waals surface area contributed by atoms with Gasteiger partial charge in [-0.05, 0) is 43.2 Å². The first-order valence-corrected chi connectivity index (χ1v) is 9.05. The number of hydrogen-bond acceptors (Lipinski definition) is 5. The molecule has 1 aromatic carbocycles. The fraction of sp³-hybridized carbons (Fsp3) is 0.211. The Labute approximate surface area is 150 Å². The number of nitrogens with zero attached hydrogens (tertiary/aromatic N) is 2. The second-order valence-corrected chi connectivity index (χ2v) is 6.54. The summed E-state index contributed by atoms with van der Waals surface area (Å²) in [5.41, 5.74) is 3.45. The summed E-state index contributed by atoms with van der Waals surface area (Å²) in [5, 5.41) is 7.71. The first kappa shape index (κ1) is 17.2. The molecule has 0 saturated heterocycles. The quantitative estimate of drug-likeness (QED) is 0.662. The SMILES string of the molecule is CCc1noc(NC(=O)c2ccc(CSc3ccccn3)cc2)c1C. The number of benzene rings is 1. The van der Waals surface area contributed by atoms with Gasteiger partial charge >= 0.3 is 0 Å². The Morgan fingerprint density at radius 3 is 2.64 bits per heavy atom. The van der Waals surface area contributed by atoms with Gasteiger partial charge in [-0.25, -0.2) is 4.98 Å². The summed E-state index contributed by atoms with van der Waals surface area (Å²) in [7, 11) is 0. The zero-order valence-corrected chi connectivity index (χ0v) is 15.0. The van der Waals surface area contributed by atoms with E-state index in [1.165, 1.54) is 0 Å². The molecule has 0 aliphatic heterocycles. The normalized spacial score (nSPS) is 10.6. The van der Waals surface area contributed by atoms with Crippen LogP contribution in [0.1, 0.15) is 34.1 Å². The first-order chi connectivity index (χ1) is 12.2. The van der Waals surface area contributed by atoms with Crippen molar-refractivity contribution in [3.8, 4) is 0 Å². The van der Waals surface area contributed by atoms with Gasteiger partial charge in [-0.2, -0.15) is 0 Å². The fourth-order valence-electron chi connectivity index (χ4n) is 2.33. The van der Waals surface area contributed by atoms with E-state index in [1.807, 2.05) is 56.3 Å². The minimum Gasteiger partial charge on any atom is -0.338 e. The van der Waals surface area contributed by atoms with Crippen LogP contribution in [0.5, 0.6) is 0 Å². The van der Waals surface area contributed by atoms with Crippen molar-refractivity contribution >= 4 is 23.6 Å². The van der Waals surface area contributed by atoms with Crippen LogP contribution in [0.3, 0.4) is 0 Å². The molecule has 0 fully saturated rings. The molecule has 6 heteroatoms. The van der Waals surface area contributed by atoms with E-state index < -0.39 is 0 Å². The van der Waals surface area contributed by atoms with Crippen LogP contribution < -0.4 is 5.32 Å². The zero-order chi connectivity index (χ0) is 17.6. The van der Waals surface area contributed by atoms with Gasteiger partial charge in [0.15, 0.2) is 0 Å². The van der Waals surface area contributed by atoms with Crippen molar-refractivity contribution in [2.75, 3.05) is 5.32 Å². The third-order valence-electron chi connectivity index (χ3n) is 3.82. The standard InChI is InChI=1S/C19H19N3O2S/c1-3-16-13(2)19(24-22-16)21-18(23)15-9-7-14(8-10-15)12-25-17-6-4-5-11-20-17/h4-11H,3,12H2,1-2H3,(H,21,23). The van der Waals surface area contributed by atoms with Gasteiger partial charge < -0.3 is 4.52 Å². The van der Waals surface area contributed by atoms with Crippen molar-refractivity contribution < 1.29 is 9.32 Å². The molecular formula is C19H19N3O2S. The molecular weight excluding hydrogens is 334 g/mol. The lowest BCUT2D eigenvalue weighted by Crippen LogP contribution is -2.12. The smallest absolute Gasteiger partial charge is 0.258 e. The van der Waals surface area contributed by atoms with Gasteiger partial charge in [0.1, 0.15) is 0 Å². The Hall–Kier alpha value is -2.60. The Bertz CT molecular complexity index is 845. The van der Waals surface area contributed by atoms with E-state index in [4.69, 9.17) is 4.52 Å². The molecule has 3 rings (SSSR count). The van der Waals surface area contributed by atoms with Crippen molar-refractivity contribution in [2.24, 2.45) is 0 Å². The number of carbonyl (C=O) groups excluding carboxylic acids is 1. The summed E-state index contributed by atoms with van der Waals surface area (Å²) in [6, 6.07) is 13.4. The van der Waals surface area contributed by atoms with E-state index in [0.717, 1.165) is 34.0 Å². The summed E-state index contributed by atoms with van der Waals surface area (Å²) in [4.78, 5) is 16.6. The van der Waals surface area contributed by atoms with Gasteiger partial charge in [-0.3, -0.25) is 10.1 Å². The molecule has 0 radical (unpaired) electrons. The number of amides is 1. The molecule has 5 nitrogen and oxygen atoms in total. The van der Waals surface area contributed by atoms with Crippen LogP contribution in [-0.4, -0.2) is 16.0 Å². The van der Waals surface area contributed by atoms with Crippen LogP contribution in [0, 0.1) is 6.92 Å². The van der Waals surface area contributed by atoms with Gasteiger partial charge in [0.2, 0.25) is 5.88 Å². The van der Waals surface area contributed by atoms with Crippen LogP contribution in [0.15, 0.2) is 58.2 Å². The second kappa shape index (κ2) is 7.98. The average Bonchev–Trinajstić information content (AvgIpc) is 3.01. The van der Waals surface area contributed by atoms with Crippen molar-refractivity contribution in [1.29, 1.82) is 0 Å². The molecule has 0 bridgehead atoms. The van der Waals surface area contributed by atoms with Crippen molar-refractivity contribution in [3.63, 3.8) is 0 Å². The number of anilines is 1. The number of nitrogens with one attached hydrogen (secondary N) is 1. The van der Waals surface area contributed by atoms with Crippen LogP contribution in [0.2, 0.25) is 0 Å². The van der Waals surface area contributed by atoms with E-state index in [2.05, 4.69) is 15.5 Å². The highest BCUT2D eigenvalue weighted by atomic mass is 32.2. The highest BCUT2D eigenvalue weighted by Gasteiger charge is 2.14. The Morgan fingerprint density at radius 2 is 2.00 bits per heavy atom. The highest BCUT2D eigenvalue weighted by molar-refractivity contribution is 7.98. The second-order valence-electron chi connectivity index (χ2n) is 5.54. The van der Waals surface area contributed by atoms with E-state index in [9.17, 15) is 4.79 Å². The van der Waals surface area contributed by atoms with Gasteiger partial charge in [0.05, 0.1) is 10.7 Å². The number of pyridine rings is 1. The number of aryl methyl sites for hydroxylation is 1. The highest BCUT2D eigenvalue weighted by Crippen LogP contribution is 2.22. The largest absolute Gasteiger partial charge is 0.338 e. The van der Waals surface area contributed by atoms with Crippen molar-refractivity contribution in [3.05, 3.63) is 71.0 Å². The van der Waals surface area contributed by atoms with Crippen molar-refractivity contribution in [2.45, 2.75) is 31.0 Å². The summed E-state index contributed by atoms with van der Waals surface area (Å²) in [6.07, 6.45) is 2.55. The van der Waals surface area contributed by atoms with Gasteiger partial charge in [-0.15, -0.1) is 11.8 Å². The third-order valence-corrected chi connectivity index (χ3v) is 4.84. The molecule has 0 aliphatic carbocycles. The maximum absolute atomic E-state index is 12.3. The van der Waals surface area contributed by atoms with Crippen LogP contribution in [0.25, 0.3) is 0 Å². The number of rotatable bonds is 6. The Morgan fingerprint density at radius 1 is 1.20 bits per heavy atom. The van der Waals surface area contributed by atoms with Gasteiger partial charge in [0.25, 0.3) is 5.91 Å². The van der Waals surface area contributed by atoms with Crippen LogP contribution >= 0.6 is 11.8 Å². The minimum atomic E-state index is -0.203. The van der Waals surface area contributed by atoms with E-state index in [1.54, 1.807) is 18.0 Å². The molecule has 0 atom stereocenters.